The van der Waals surface area contributed by atoms with Gasteiger partial charge in [0.2, 0.25) is 5.13 Å². The third-order valence-electron chi connectivity index (χ3n) is 1.49. The van der Waals surface area contributed by atoms with Crippen LogP contribution in [0.5, 0.6) is 0 Å². The molecule has 4 heteroatoms. The number of nitrogen functional groups attached to an aromatic ring is 1. The molecular weight excluding hydrogens is 146 g/mol. The van der Waals surface area contributed by atoms with Gasteiger partial charge in [0.05, 0.1) is 0 Å². The lowest BCUT2D eigenvalue weighted by atomic mass is 10.1. The molecule has 0 saturated carbocycles. The van der Waals surface area contributed by atoms with E-state index in [1.807, 2.05) is 0 Å². The van der Waals surface area contributed by atoms with Crippen LogP contribution < -0.4 is 5.73 Å². The first-order chi connectivity index (χ1) is 4.74. The van der Waals surface area contributed by atoms with Gasteiger partial charge in [0.1, 0.15) is 5.01 Å². The highest BCUT2D eigenvalue weighted by atomic mass is 32.1. The van der Waals surface area contributed by atoms with Crippen LogP contribution >= 0.6 is 11.3 Å². The summed E-state index contributed by atoms with van der Waals surface area (Å²) in [7, 11) is 0. The van der Waals surface area contributed by atoms with Crippen LogP contribution in [0.25, 0.3) is 0 Å². The van der Waals surface area contributed by atoms with E-state index in [0.717, 1.165) is 11.4 Å². The number of rotatable bonds is 2. The van der Waals surface area contributed by atoms with E-state index < -0.39 is 0 Å². The van der Waals surface area contributed by atoms with E-state index in [1.54, 1.807) is 0 Å². The molecule has 0 aliphatic heterocycles. The van der Waals surface area contributed by atoms with Crippen molar-refractivity contribution < 1.29 is 0 Å². The highest BCUT2D eigenvalue weighted by Crippen LogP contribution is 2.22. The molecule has 2 N–H and O–H groups in total. The monoisotopic (exact) mass is 157 g/mol. The van der Waals surface area contributed by atoms with Gasteiger partial charge in [-0.05, 0) is 6.42 Å². The summed E-state index contributed by atoms with van der Waals surface area (Å²) >= 11 is 1.48. The molecule has 1 atom stereocenters. The molecule has 0 radical (unpaired) electrons. The molecule has 1 heterocycles. The van der Waals surface area contributed by atoms with E-state index in [4.69, 9.17) is 5.73 Å². The second kappa shape index (κ2) is 2.96. The van der Waals surface area contributed by atoms with E-state index in [-0.39, 0.29) is 0 Å². The fraction of sp³-hybridized carbons (Fsp3) is 0.667. The number of nitrogens with zero attached hydrogens (tertiary/aromatic N) is 2. The highest BCUT2D eigenvalue weighted by Gasteiger charge is 2.07. The van der Waals surface area contributed by atoms with Crippen LogP contribution in [0, 0.1) is 0 Å². The fourth-order valence-corrected chi connectivity index (χ4v) is 1.37. The number of hydrogen-bond donors (Lipinski definition) is 1. The highest BCUT2D eigenvalue weighted by molar-refractivity contribution is 7.15. The van der Waals surface area contributed by atoms with Gasteiger partial charge in [-0.1, -0.05) is 25.2 Å². The van der Waals surface area contributed by atoms with E-state index in [2.05, 4.69) is 24.0 Å². The molecule has 0 aliphatic rings. The van der Waals surface area contributed by atoms with Crippen molar-refractivity contribution in [2.24, 2.45) is 0 Å². The summed E-state index contributed by atoms with van der Waals surface area (Å²) in [5, 5.41) is 9.27. The van der Waals surface area contributed by atoms with Crippen LogP contribution in [0.3, 0.4) is 0 Å². The molecule has 3 nitrogen and oxygen atoms in total. The largest absolute Gasteiger partial charge is 0.374 e. The Balaban J connectivity index is 2.74. The summed E-state index contributed by atoms with van der Waals surface area (Å²) in [4.78, 5) is 0. The Morgan fingerprint density at radius 2 is 2.30 bits per heavy atom. The average Bonchev–Trinajstić information content (AvgIpc) is 2.34. The Kier molecular flexibility index (Phi) is 2.21. The second-order valence-corrected chi connectivity index (χ2v) is 3.33. The first-order valence-electron chi connectivity index (χ1n) is 3.33. The van der Waals surface area contributed by atoms with Gasteiger partial charge in [0.15, 0.2) is 0 Å². The molecule has 10 heavy (non-hydrogen) atoms. The molecule has 1 rings (SSSR count). The predicted molar refractivity (Wildman–Crippen MR) is 43.0 cm³/mol. The Morgan fingerprint density at radius 3 is 2.70 bits per heavy atom. The van der Waals surface area contributed by atoms with Gasteiger partial charge in [0, 0.05) is 5.92 Å². The number of hydrogen-bond acceptors (Lipinski definition) is 4. The van der Waals surface area contributed by atoms with Crippen molar-refractivity contribution in [3.05, 3.63) is 5.01 Å². The SMILES string of the molecule is CCC(C)c1nnc(N)s1. The summed E-state index contributed by atoms with van der Waals surface area (Å²) < 4.78 is 0. The third-order valence-corrected chi connectivity index (χ3v) is 2.47. The van der Waals surface area contributed by atoms with E-state index >= 15 is 0 Å². The Labute approximate surface area is 64.3 Å². The van der Waals surface area contributed by atoms with Crippen LogP contribution in [-0.2, 0) is 0 Å². The molecule has 0 aliphatic carbocycles. The Morgan fingerprint density at radius 1 is 1.60 bits per heavy atom. The lowest BCUT2D eigenvalue weighted by Crippen LogP contribution is -1.88. The molecule has 0 amide bonds. The van der Waals surface area contributed by atoms with Gasteiger partial charge < -0.3 is 5.73 Å². The van der Waals surface area contributed by atoms with E-state index in [0.29, 0.717) is 11.0 Å². The summed E-state index contributed by atoms with van der Waals surface area (Å²) in [6, 6.07) is 0. The average molecular weight is 157 g/mol. The van der Waals surface area contributed by atoms with Crippen LogP contribution in [0.4, 0.5) is 5.13 Å². The lowest BCUT2D eigenvalue weighted by Gasteiger charge is -1.99. The molecule has 0 saturated heterocycles. The number of nitrogens with two attached hydrogens (primary N) is 1. The van der Waals surface area contributed by atoms with Crippen molar-refractivity contribution in [1.29, 1.82) is 0 Å². The van der Waals surface area contributed by atoms with Gasteiger partial charge in [-0.2, -0.15) is 0 Å². The predicted octanol–water partition coefficient (Wildman–Crippen LogP) is 1.63. The third kappa shape index (κ3) is 1.44. The van der Waals surface area contributed by atoms with Crippen molar-refractivity contribution >= 4 is 16.5 Å². The van der Waals surface area contributed by atoms with Gasteiger partial charge in [0.25, 0.3) is 0 Å². The maximum Gasteiger partial charge on any atom is 0.203 e. The Bertz CT molecular complexity index is 209. The number of aromatic nitrogens is 2. The molecule has 0 aromatic carbocycles. The minimum absolute atomic E-state index is 0.495. The van der Waals surface area contributed by atoms with Crippen molar-refractivity contribution in [3.8, 4) is 0 Å². The maximum atomic E-state index is 5.42. The minimum atomic E-state index is 0.495. The first-order valence-corrected chi connectivity index (χ1v) is 4.14. The summed E-state index contributed by atoms with van der Waals surface area (Å²) in [5.41, 5.74) is 5.42. The summed E-state index contributed by atoms with van der Waals surface area (Å²) in [6.45, 7) is 4.25. The van der Waals surface area contributed by atoms with Crippen LogP contribution in [0.2, 0.25) is 0 Å². The van der Waals surface area contributed by atoms with Gasteiger partial charge in [-0.15, -0.1) is 10.2 Å². The smallest absolute Gasteiger partial charge is 0.203 e. The molecular formula is C6H11N3S. The molecule has 0 bridgehead atoms. The Hall–Kier alpha value is -0.640. The zero-order valence-electron chi connectivity index (χ0n) is 6.16. The molecule has 1 unspecified atom stereocenters. The van der Waals surface area contributed by atoms with Crippen LogP contribution in [-0.4, -0.2) is 10.2 Å². The summed E-state index contributed by atoms with van der Waals surface area (Å²) in [6.07, 6.45) is 1.09. The standard InChI is InChI=1S/C6H11N3S/c1-3-4(2)5-8-9-6(7)10-5/h4H,3H2,1-2H3,(H2,7,9). The first kappa shape index (κ1) is 7.47. The van der Waals surface area contributed by atoms with Crippen molar-refractivity contribution in [3.63, 3.8) is 0 Å². The molecule has 0 fully saturated rings. The van der Waals surface area contributed by atoms with E-state index in [9.17, 15) is 0 Å². The van der Waals surface area contributed by atoms with Gasteiger partial charge >= 0.3 is 0 Å². The van der Waals surface area contributed by atoms with E-state index in [1.165, 1.54) is 11.3 Å². The zero-order valence-corrected chi connectivity index (χ0v) is 6.98. The minimum Gasteiger partial charge on any atom is -0.374 e. The quantitative estimate of drug-likeness (QED) is 0.710. The maximum absolute atomic E-state index is 5.42. The van der Waals surface area contributed by atoms with Crippen molar-refractivity contribution in [2.75, 3.05) is 5.73 Å². The normalized spacial score (nSPS) is 13.4. The zero-order chi connectivity index (χ0) is 7.56. The van der Waals surface area contributed by atoms with Crippen LogP contribution in [0.15, 0.2) is 0 Å². The van der Waals surface area contributed by atoms with Crippen molar-refractivity contribution in [2.45, 2.75) is 26.2 Å². The van der Waals surface area contributed by atoms with Gasteiger partial charge in [-0.3, -0.25) is 0 Å². The lowest BCUT2D eigenvalue weighted by molar-refractivity contribution is 0.715. The molecule has 1 aromatic heterocycles. The van der Waals surface area contributed by atoms with Crippen LogP contribution in [0.1, 0.15) is 31.2 Å². The topological polar surface area (TPSA) is 51.8 Å². The second-order valence-electron chi connectivity index (χ2n) is 2.29. The number of anilines is 1. The molecule has 0 spiro atoms. The van der Waals surface area contributed by atoms with Gasteiger partial charge in [-0.25, -0.2) is 0 Å². The summed E-state index contributed by atoms with van der Waals surface area (Å²) in [5.74, 6) is 0.495. The molecule has 1 aromatic rings. The fourth-order valence-electron chi connectivity index (χ4n) is 0.620. The van der Waals surface area contributed by atoms with Crippen molar-refractivity contribution in [1.82, 2.24) is 10.2 Å². The molecule has 56 valence electrons.